The van der Waals surface area contributed by atoms with Gasteiger partial charge in [-0.05, 0) is 35.4 Å². The van der Waals surface area contributed by atoms with Crippen LogP contribution in [0.1, 0.15) is 20.8 Å². The van der Waals surface area contributed by atoms with Gasteiger partial charge in [0.2, 0.25) is 5.78 Å². The van der Waals surface area contributed by atoms with Crippen molar-refractivity contribution >= 4 is 51.1 Å². The van der Waals surface area contributed by atoms with Crippen molar-refractivity contribution in [2.75, 3.05) is 0 Å². The summed E-state index contributed by atoms with van der Waals surface area (Å²) in [4.78, 5) is 13.3. The smallest absolute Gasteiger partial charge is 0.205 e. The number of hydrogen-bond acceptors (Lipinski definition) is 2. The first-order chi connectivity index (χ1) is 9.59. The highest BCUT2D eigenvalue weighted by atomic mass is 35.5. The Labute approximate surface area is 130 Å². The van der Waals surface area contributed by atoms with Gasteiger partial charge in [0, 0.05) is 16.0 Å². The molecule has 0 bridgehead atoms. The third-order valence-electron chi connectivity index (χ3n) is 3.22. The van der Waals surface area contributed by atoms with Crippen molar-refractivity contribution in [3.05, 3.63) is 67.8 Å². The van der Waals surface area contributed by atoms with Crippen LogP contribution in [-0.2, 0) is 0 Å². The van der Waals surface area contributed by atoms with E-state index in [-0.39, 0.29) is 5.78 Å². The third-order valence-corrected chi connectivity index (χ3v) is 5.25. The molecule has 0 fully saturated rings. The van der Waals surface area contributed by atoms with Crippen LogP contribution >= 0.6 is 34.5 Å². The molecule has 1 nitrogen and oxygen atoms in total. The summed E-state index contributed by atoms with van der Waals surface area (Å²) < 4.78 is 0. The number of hydrogen-bond donors (Lipinski definition) is 0. The van der Waals surface area contributed by atoms with Gasteiger partial charge in [0.15, 0.2) is 0 Å². The highest BCUT2D eigenvalue weighted by Gasteiger charge is 2.19. The van der Waals surface area contributed by atoms with E-state index in [9.17, 15) is 4.79 Å². The van der Waals surface area contributed by atoms with E-state index < -0.39 is 0 Å². The largest absolute Gasteiger partial charge is 0.288 e. The summed E-state index contributed by atoms with van der Waals surface area (Å²) in [7, 11) is 0. The summed E-state index contributed by atoms with van der Waals surface area (Å²) in [6, 6.07) is 11.1. The zero-order valence-corrected chi connectivity index (χ0v) is 12.9. The number of benzene rings is 2. The molecule has 0 unspecified atom stereocenters. The molecule has 0 saturated carbocycles. The average Bonchev–Trinajstić information content (AvgIpc) is 2.79. The van der Waals surface area contributed by atoms with Crippen LogP contribution in [0.4, 0.5) is 0 Å². The maximum Gasteiger partial charge on any atom is 0.205 e. The maximum atomic E-state index is 12.7. The quantitative estimate of drug-likeness (QED) is 0.549. The van der Waals surface area contributed by atoms with Crippen LogP contribution in [0.3, 0.4) is 0 Å². The zero-order valence-electron chi connectivity index (χ0n) is 10.6. The Morgan fingerprint density at radius 3 is 2.40 bits per heavy atom. The molecule has 4 heteroatoms. The molecule has 1 heterocycles. The third kappa shape index (κ3) is 2.14. The standard InChI is InChI=1S/C16H10Cl2OS/c1-9-8-20-16(14(9)18)15(19)12-6-7-13(17)11-5-3-2-4-10(11)12/h2-8H,1H3. The lowest BCUT2D eigenvalue weighted by atomic mass is 10.0. The number of carbonyl (C=O) groups excluding carboxylic acids is 1. The molecule has 0 aliphatic carbocycles. The van der Waals surface area contributed by atoms with Crippen LogP contribution in [-0.4, -0.2) is 5.78 Å². The molecule has 0 amide bonds. The van der Waals surface area contributed by atoms with Crippen molar-refractivity contribution in [3.63, 3.8) is 0 Å². The monoisotopic (exact) mass is 320 g/mol. The van der Waals surface area contributed by atoms with Gasteiger partial charge < -0.3 is 0 Å². The molecule has 0 aliphatic rings. The summed E-state index contributed by atoms with van der Waals surface area (Å²) in [6.07, 6.45) is 0. The number of rotatable bonds is 2. The van der Waals surface area contributed by atoms with Crippen LogP contribution in [0.25, 0.3) is 10.8 Å². The summed E-state index contributed by atoms with van der Waals surface area (Å²) in [5, 5.41) is 4.81. The first-order valence-corrected chi connectivity index (χ1v) is 7.68. The number of halogens is 2. The number of fused-ring (bicyclic) bond motifs is 1. The van der Waals surface area contributed by atoms with E-state index in [4.69, 9.17) is 23.2 Å². The predicted octanol–water partition coefficient (Wildman–Crippen LogP) is 5.75. The highest BCUT2D eigenvalue weighted by Crippen LogP contribution is 2.33. The highest BCUT2D eigenvalue weighted by molar-refractivity contribution is 7.13. The summed E-state index contributed by atoms with van der Waals surface area (Å²) >= 11 is 13.8. The molecular weight excluding hydrogens is 311 g/mol. The average molecular weight is 321 g/mol. The van der Waals surface area contributed by atoms with E-state index in [1.807, 2.05) is 36.6 Å². The lowest BCUT2D eigenvalue weighted by Crippen LogP contribution is -2.00. The van der Waals surface area contributed by atoms with Gasteiger partial charge in [0.25, 0.3) is 0 Å². The van der Waals surface area contributed by atoms with Crippen molar-refractivity contribution in [3.8, 4) is 0 Å². The Bertz CT molecular complexity index is 820. The van der Waals surface area contributed by atoms with Gasteiger partial charge >= 0.3 is 0 Å². The van der Waals surface area contributed by atoms with Crippen molar-refractivity contribution in [1.29, 1.82) is 0 Å². The molecule has 3 rings (SSSR count). The molecule has 0 radical (unpaired) electrons. The van der Waals surface area contributed by atoms with Crippen LogP contribution < -0.4 is 0 Å². The number of ketones is 1. The summed E-state index contributed by atoms with van der Waals surface area (Å²) in [5.41, 5.74) is 1.56. The molecule has 0 spiro atoms. The van der Waals surface area contributed by atoms with E-state index in [0.29, 0.717) is 20.5 Å². The second-order valence-electron chi connectivity index (χ2n) is 4.53. The minimum atomic E-state index is -0.0547. The SMILES string of the molecule is Cc1csc(C(=O)c2ccc(Cl)c3ccccc23)c1Cl. The van der Waals surface area contributed by atoms with Crippen LogP contribution in [0, 0.1) is 6.92 Å². The number of thiophene rings is 1. The lowest BCUT2D eigenvalue weighted by molar-refractivity contribution is 0.104. The molecule has 20 heavy (non-hydrogen) atoms. The first-order valence-electron chi connectivity index (χ1n) is 6.05. The molecule has 3 aromatic rings. The van der Waals surface area contributed by atoms with Crippen LogP contribution in [0.15, 0.2) is 41.8 Å². The predicted molar refractivity (Wildman–Crippen MR) is 86.5 cm³/mol. The van der Waals surface area contributed by atoms with Gasteiger partial charge in [0.1, 0.15) is 0 Å². The Hall–Kier alpha value is -1.35. The molecule has 1 aromatic heterocycles. The molecular formula is C16H10Cl2OS. The van der Waals surface area contributed by atoms with Gasteiger partial charge in [-0.1, -0.05) is 47.5 Å². The maximum absolute atomic E-state index is 12.7. The summed E-state index contributed by atoms with van der Waals surface area (Å²) in [5.74, 6) is -0.0547. The van der Waals surface area contributed by atoms with Crippen molar-refractivity contribution in [2.24, 2.45) is 0 Å². The second-order valence-corrected chi connectivity index (χ2v) is 6.20. The van der Waals surface area contributed by atoms with E-state index in [0.717, 1.165) is 16.3 Å². The van der Waals surface area contributed by atoms with Crippen LogP contribution in [0.2, 0.25) is 10.0 Å². The topological polar surface area (TPSA) is 17.1 Å². The summed E-state index contributed by atoms with van der Waals surface area (Å²) in [6.45, 7) is 1.90. The second kappa shape index (κ2) is 5.21. The Kier molecular flexibility index (Phi) is 3.55. The zero-order chi connectivity index (χ0) is 14.3. The lowest BCUT2D eigenvalue weighted by Gasteiger charge is -2.06. The van der Waals surface area contributed by atoms with E-state index in [1.165, 1.54) is 11.3 Å². The molecule has 0 aliphatic heterocycles. The Morgan fingerprint density at radius 2 is 1.75 bits per heavy atom. The van der Waals surface area contributed by atoms with Gasteiger partial charge in [-0.25, -0.2) is 0 Å². The fourth-order valence-electron chi connectivity index (χ4n) is 2.17. The molecule has 0 atom stereocenters. The van der Waals surface area contributed by atoms with Gasteiger partial charge in [0.05, 0.1) is 9.90 Å². The van der Waals surface area contributed by atoms with Crippen molar-refractivity contribution < 1.29 is 4.79 Å². The fraction of sp³-hybridized carbons (Fsp3) is 0.0625. The van der Waals surface area contributed by atoms with Gasteiger partial charge in [-0.15, -0.1) is 11.3 Å². The van der Waals surface area contributed by atoms with Gasteiger partial charge in [-0.3, -0.25) is 4.79 Å². The number of carbonyl (C=O) groups is 1. The Morgan fingerprint density at radius 1 is 1.05 bits per heavy atom. The van der Waals surface area contributed by atoms with Crippen LogP contribution in [0.5, 0.6) is 0 Å². The minimum absolute atomic E-state index is 0.0547. The molecule has 2 aromatic carbocycles. The normalized spacial score (nSPS) is 10.9. The molecule has 0 N–H and O–H groups in total. The van der Waals surface area contributed by atoms with E-state index in [1.54, 1.807) is 12.1 Å². The molecule has 100 valence electrons. The minimum Gasteiger partial charge on any atom is -0.288 e. The first kappa shape index (κ1) is 13.6. The van der Waals surface area contributed by atoms with E-state index in [2.05, 4.69) is 0 Å². The van der Waals surface area contributed by atoms with Gasteiger partial charge in [-0.2, -0.15) is 0 Å². The fourth-order valence-corrected chi connectivity index (χ4v) is 3.63. The van der Waals surface area contributed by atoms with Crippen molar-refractivity contribution in [1.82, 2.24) is 0 Å². The van der Waals surface area contributed by atoms with E-state index >= 15 is 0 Å². The molecule has 0 saturated heterocycles. The van der Waals surface area contributed by atoms with Crippen molar-refractivity contribution in [2.45, 2.75) is 6.92 Å². The number of aryl methyl sites for hydroxylation is 1. The Balaban J connectivity index is 2.23.